The molecule has 0 aliphatic rings. The van der Waals surface area contributed by atoms with Gasteiger partial charge in [0.1, 0.15) is 0 Å². The normalized spacial score (nSPS) is 12.1. The summed E-state index contributed by atoms with van der Waals surface area (Å²) in [5.41, 5.74) is 0. The number of carbonyl (C=O) groups excluding carboxylic acids is 1. The Morgan fingerprint density at radius 3 is 1.87 bits per heavy atom. The first-order valence-corrected chi connectivity index (χ1v) is 11.8. The van der Waals surface area contributed by atoms with Crippen LogP contribution in [0.1, 0.15) is 110 Å². The molecule has 5 nitrogen and oxygen atoms in total. The van der Waals surface area contributed by atoms with Gasteiger partial charge in [0, 0.05) is 0 Å². The molecule has 0 radical (unpaired) electrons. The highest BCUT2D eigenvalue weighted by atomic mass is 16.6. The molecule has 0 aromatic rings. The second-order valence-corrected chi connectivity index (χ2v) is 8.03. The number of aliphatic carboxylic acids is 1. The van der Waals surface area contributed by atoms with Crippen molar-refractivity contribution in [2.75, 3.05) is 6.61 Å². The second kappa shape index (κ2) is 20.5. The van der Waals surface area contributed by atoms with Gasteiger partial charge in [-0.1, -0.05) is 96.3 Å². The van der Waals surface area contributed by atoms with Crippen molar-refractivity contribution in [2.45, 2.75) is 116 Å². The van der Waals surface area contributed by atoms with E-state index in [0.29, 0.717) is 12.2 Å². The van der Waals surface area contributed by atoms with Crippen LogP contribution in [0.15, 0.2) is 24.5 Å². The monoisotopic (exact) mass is 424 g/mol. The predicted molar refractivity (Wildman–Crippen MR) is 122 cm³/mol. The van der Waals surface area contributed by atoms with Gasteiger partial charge in [0.2, 0.25) is 0 Å². The van der Waals surface area contributed by atoms with Crippen molar-refractivity contribution < 1.29 is 24.2 Å². The van der Waals surface area contributed by atoms with E-state index < -0.39 is 18.0 Å². The van der Waals surface area contributed by atoms with E-state index in [1.54, 1.807) is 6.92 Å². The Kier molecular flexibility index (Phi) is 19.3. The Morgan fingerprint density at radius 2 is 1.37 bits per heavy atom. The Hall–Kier alpha value is -1.78. The summed E-state index contributed by atoms with van der Waals surface area (Å²) in [7, 11) is 0. The van der Waals surface area contributed by atoms with Gasteiger partial charge in [-0.2, -0.15) is 0 Å². The third kappa shape index (κ3) is 19.5. The van der Waals surface area contributed by atoms with E-state index in [-0.39, 0.29) is 13.0 Å². The third-order valence-corrected chi connectivity index (χ3v) is 4.97. The van der Waals surface area contributed by atoms with Gasteiger partial charge < -0.3 is 14.6 Å². The lowest BCUT2D eigenvalue weighted by Crippen LogP contribution is -2.28. The SMILES string of the molecule is C=C(C)OCC(=O)O[C@@H](CCC=CCCCCCCCCCCCCCC)C(=O)O. The molecule has 0 aliphatic carbocycles. The van der Waals surface area contributed by atoms with Gasteiger partial charge in [-0.15, -0.1) is 0 Å². The fourth-order valence-corrected chi connectivity index (χ4v) is 3.19. The summed E-state index contributed by atoms with van der Waals surface area (Å²) in [5.74, 6) is -1.43. The number of hydrogen-bond donors (Lipinski definition) is 1. The molecular weight excluding hydrogens is 380 g/mol. The summed E-state index contributed by atoms with van der Waals surface area (Å²) >= 11 is 0. The Labute approximate surface area is 183 Å². The first-order chi connectivity index (χ1) is 14.5. The van der Waals surface area contributed by atoms with Crippen molar-refractivity contribution >= 4 is 11.9 Å². The van der Waals surface area contributed by atoms with E-state index in [0.717, 1.165) is 6.42 Å². The molecule has 1 N–H and O–H groups in total. The summed E-state index contributed by atoms with van der Waals surface area (Å²) in [6.07, 6.45) is 20.9. The number of hydrogen-bond acceptors (Lipinski definition) is 4. The molecule has 1 atom stereocenters. The highest BCUT2D eigenvalue weighted by molar-refractivity contribution is 5.78. The van der Waals surface area contributed by atoms with E-state index in [4.69, 9.17) is 14.6 Å². The van der Waals surface area contributed by atoms with Crippen LogP contribution in [-0.2, 0) is 19.1 Å². The van der Waals surface area contributed by atoms with Gasteiger partial charge in [-0.05, 0) is 32.6 Å². The number of carboxylic acid groups (broad SMARTS) is 1. The minimum absolute atomic E-state index is 0.267. The summed E-state index contributed by atoms with van der Waals surface area (Å²) < 4.78 is 9.89. The lowest BCUT2D eigenvalue weighted by molar-refractivity contribution is -0.166. The van der Waals surface area contributed by atoms with Gasteiger partial charge in [-0.25, -0.2) is 9.59 Å². The molecule has 0 aliphatic heterocycles. The highest BCUT2D eigenvalue weighted by Crippen LogP contribution is 2.13. The maximum atomic E-state index is 11.6. The van der Waals surface area contributed by atoms with Gasteiger partial charge in [-0.3, -0.25) is 0 Å². The molecule has 0 unspecified atom stereocenters. The standard InChI is InChI=1S/C25H44O5/c1-4-5-6-7-8-9-10-11-12-13-14-15-16-17-18-19-20-23(25(27)28)30-24(26)21-29-22(2)3/h17-18,23H,2,4-16,19-21H2,1,3H3,(H,27,28)/t23-/m0/s1. The average Bonchev–Trinajstić information content (AvgIpc) is 2.70. The van der Waals surface area contributed by atoms with Crippen LogP contribution in [0.5, 0.6) is 0 Å². The van der Waals surface area contributed by atoms with Crippen molar-refractivity contribution in [1.82, 2.24) is 0 Å². The molecule has 0 amide bonds. The van der Waals surface area contributed by atoms with Gasteiger partial charge in [0.05, 0.1) is 5.76 Å². The van der Waals surface area contributed by atoms with Crippen molar-refractivity contribution in [1.29, 1.82) is 0 Å². The topological polar surface area (TPSA) is 72.8 Å². The summed E-state index contributed by atoms with van der Waals surface area (Å²) in [4.78, 5) is 22.8. The first kappa shape index (κ1) is 28.2. The molecule has 174 valence electrons. The van der Waals surface area contributed by atoms with Crippen molar-refractivity contribution in [2.24, 2.45) is 0 Å². The maximum Gasteiger partial charge on any atom is 0.345 e. The predicted octanol–water partition coefficient (Wildman–Crippen LogP) is 6.96. The molecule has 0 aromatic heterocycles. The highest BCUT2D eigenvalue weighted by Gasteiger charge is 2.21. The average molecular weight is 425 g/mol. The zero-order chi connectivity index (χ0) is 22.5. The van der Waals surface area contributed by atoms with Crippen molar-refractivity contribution in [3.05, 3.63) is 24.5 Å². The number of carbonyl (C=O) groups is 2. The molecular formula is C25H44O5. The summed E-state index contributed by atoms with van der Waals surface area (Å²) in [5, 5.41) is 9.17. The van der Waals surface area contributed by atoms with Crippen LogP contribution in [0.2, 0.25) is 0 Å². The van der Waals surface area contributed by atoms with E-state index >= 15 is 0 Å². The van der Waals surface area contributed by atoms with Crippen molar-refractivity contribution in [3.8, 4) is 0 Å². The summed E-state index contributed by atoms with van der Waals surface area (Å²) in [6.45, 7) is 7.07. The number of esters is 1. The smallest absolute Gasteiger partial charge is 0.345 e. The van der Waals surface area contributed by atoms with Crippen LogP contribution in [0.4, 0.5) is 0 Å². The van der Waals surface area contributed by atoms with E-state index in [9.17, 15) is 9.59 Å². The molecule has 30 heavy (non-hydrogen) atoms. The lowest BCUT2D eigenvalue weighted by atomic mass is 10.0. The number of unbranched alkanes of at least 4 members (excludes halogenated alkanes) is 12. The van der Waals surface area contributed by atoms with Crippen molar-refractivity contribution in [3.63, 3.8) is 0 Å². The number of rotatable bonds is 21. The quantitative estimate of drug-likeness (QED) is 0.0933. The van der Waals surface area contributed by atoms with Gasteiger partial charge >= 0.3 is 11.9 Å². The summed E-state index contributed by atoms with van der Waals surface area (Å²) in [6, 6.07) is 0. The number of allylic oxidation sites excluding steroid dienone is 3. The fraction of sp³-hybridized carbons (Fsp3) is 0.760. The van der Waals surface area contributed by atoms with E-state index in [2.05, 4.69) is 19.6 Å². The zero-order valence-electron chi connectivity index (χ0n) is 19.3. The van der Waals surface area contributed by atoms with Gasteiger partial charge in [0.15, 0.2) is 12.7 Å². The Bertz CT molecular complexity index is 484. The molecule has 0 saturated heterocycles. The minimum atomic E-state index is -1.14. The van der Waals surface area contributed by atoms with Crippen LogP contribution in [0.25, 0.3) is 0 Å². The van der Waals surface area contributed by atoms with Crippen LogP contribution >= 0.6 is 0 Å². The molecule has 0 aromatic carbocycles. The Morgan fingerprint density at radius 1 is 0.867 bits per heavy atom. The minimum Gasteiger partial charge on any atom is -0.487 e. The second-order valence-electron chi connectivity index (χ2n) is 8.03. The van der Waals surface area contributed by atoms with Gasteiger partial charge in [0.25, 0.3) is 0 Å². The molecule has 0 heterocycles. The molecule has 0 fully saturated rings. The molecule has 0 bridgehead atoms. The molecule has 0 rings (SSSR count). The molecule has 0 spiro atoms. The molecule has 5 heteroatoms. The molecule has 0 saturated carbocycles. The van der Waals surface area contributed by atoms with E-state index in [1.807, 2.05) is 6.08 Å². The first-order valence-electron chi connectivity index (χ1n) is 11.8. The maximum absolute atomic E-state index is 11.6. The third-order valence-electron chi connectivity index (χ3n) is 4.97. The van der Waals surface area contributed by atoms with E-state index in [1.165, 1.54) is 77.0 Å². The number of ether oxygens (including phenoxy) is 2. The zero-order valence-corrected chi connectivity index (χ0v) is 19.3. The van der Waals surface area contributed by atoms with Crippen LogP contribution in [0.3, 0.4) is 0 Å². The fourth-order valence-electron chi connectivity index (χ4n) is 3.19. The van der Waals surface area contributed by atoms with Crippen LogP contribution in [0, 0.1) is 0 Å². The van der Waals surface area contributed by atoms with Crippen LogP contribution < -0.4 is 0 Å². The number of carboxylic acids is 1. The largest absolute Gasteiger partial charge is 0.487 e. The lowest BCUT2D eigenvalue weighted by Gasteiger charge is -2.13. The Balaban J connectivity index is 3.60. The van der Waals surface area contributed by atoms with Crippen LogP contribution in [-0.4, -0.2) is 29.8 Å².